The van der Waals surface area contributed by atoms with Crippen molar-refractivity contribution in [1.82, 2.24) is 5.32 Å². The molecule has 1 aliphatic heterocycles. The van der Waals surface area contributed by atoms with E-state index in [0.29, 0.717) is 33.7 Å². The Balaban J connectivity index is 1.35. The van der Waals surface area contributed by atoms with Gasteiger partial charge >= 0.3 is 0 Å². The topological polar surface area (TPSA) is 77.8 Å². The molecule has 144 valence electrons. The lowest BCUT2D eigenvalue weighted by Crippen LogP contribution is -2.22. The zero-order valence-corrected chi connectivity index (χ0v) is 16.2. The second kappa shape index (κ2) is 8.08. The second-order valence-electron chi connectivity index (χ2n) is 6.08. The Labute approximate surface area is 168 Å². The quantitative estimate of drug-likeness (QED) is 0.658. The van der Waals surface area contributed by atoms with Gasteiger partial charge in [0.25, 0.3) is 5.91 Å². The molecule has 28 heavy (non-hydrogen) atoms. The zero-order chi connectivity index (χ0) is 19.5. The molecule has 1 amide bonds. The Bertz CT molecular complexity index is 1050. The third-order valence-electron chi connectivity index (χ3n) is 4.11. The van der Waals surface area contributed by atoms with E-state index in [1.807, 2.05) is 12.1 Å². The molecule has 0 fully saturated rings. The van der Waals surface area contributed by atoms with Crippen molar-refractivity contribution in [2.45, 2.75) is 17.2 Å². The van der Waals surface area contributed by atoms with Crippen LogP contribution in [0.15, 0.2) is 63.9 Å². The Kier molecular flexibility index (Phi) is 5.36. The van der Waals surface area contributed by atoms with Crippen molar-refractivity contribution in [3.05, 3.63) is 76.7 Å². The molecular formula is C20H16ClNO5S. The molecule has 2 heterocycles. The Morgan fingerprint density at radius 2 is 1.93 bits per heavy atom. The third-order valence-corrected chi connectivity index (χ3v) is 5.67. The Morgan fingerprint density at radius 3 is 2.79 bits per heavy atom. The molecule has 1 aromatic heterocycles. The highest BCUT2D eigenvalue weighted by molar-refractivity contribution is 7.84. The van der Waals surface area contributed by atoms with E-state index in [0.717, 1.165) is 5.56 Å². The van der Waals surface area contributed by atoms with Gasteiger partial charge in [-0.15, -0.1) is 0 Å². The first-order valence-corrected chi connectivity index (χ1v) is 10.2. The smallest absolute Gasteiger partial charge is 0.287 e. The lowest BCUT2D eigenvalue weighted by molar-refractivity contribution is 0.0921. The summed E-state index contributed by atoms with van der Waals surface area (Å²) in [5.41, 5.74) is 0.881. The van der Waals surface area contributed by atoms with Crippen LogP contribution >= 0.6 is 11.6 Å². The second-order valence-corrected chi connectivity index (χ2v) is 7.97. The monoisotopic (exact) mass is 417 g/mol. The third kappa shape index (κ3) is 4.21. The van der Waals surface area contributed by atoms with Gasteiger partial charge in [0.05, 0.1) is 16.6 Å². The van der Waals surface area contributed by atoms with Crippen LogP contribution in [0, 0.1) is 0 Å². The first kappa shape index (κ1) is 18.6. The summed E-state index contributed by atoms with van der Waals surface area (Å²) >= 11 is 5.93. The van der Waals surface area contributed by atoms with Crippen LogP contribution in [0.3, 0.4) is 0 Å². The molecule has 0 aliphatic carbocycles. The first-order chi connectivity index (χ1) is 13.6. The molecule has 8 heteroatoms. The molecule has 1 aliphatic rings. The zero-order valence-electron chi connectivity index (χ0n) is 14.6. The van der Waals surface area contributed by atoms with E-state index < -0.39 is 10.8 Å². The number of halogens is 1. The number of hydrogen-bond donors (Lipinski definition) is 1. The van der Waals surface area contributed by atoms with E-state index >= 15 is 0 Å². The molecule has 0 saturated heterocycles. The van der Waals surface area contributed by atoms with Crippen molar-refractivity contribution < 1.29 is 22.9 Å². The molecule has 0 bridgehead atoms. The van der Waals surface area contributed by atoms with Crippen molar-refractivity contribution in [2.24, 2.45) is 0 Å². The van der Waals surface area contributed by atoms with Gasteiger partial charge in [0.1, 0.15) is 5.76 Å². The summed E-state index contributed by atoms with van der Waals surface area (Å²) in [6.45, 7) is 0.525. The van der Waals surface area contributed by atoms with Gasteiger partial charge in [-0.1, -0.05) is 23.7 Å². The summed E-state index contributed by atoms with van der Waals surface area (Å²) in [7, 11) is -1.31. The van der Waals surface area contributed by atoms with E-state index in [4.69, 9.17) is 25.5 Å². The molecule has 1 N–H and O–H groups in total. The average Bonchev–Trinajstić information content (AvgIpc) is 3.35. The van der Waals surface area contributed by atoms with Crippen LogP contribution in [0.25, 0.3) is 0 Å². The van der Waals surface area contributed by atoms with Gasteiger partial charge in [0.15, 0.2) is 17.3 Å². The first-order valence-electron chi connectivity index (χ1n) is 8.48. The van der Waals surface area contributed by atoms with E-state index in [1.54, 1.807) is 42.5 Å². The number of amides is 1. The van der Waals surface area contributed by atoms with Crippen LogP contribution < -0.4 is 14.8 Å². The van der Waals surface area contributed by atoms with Crippen molar-refractivity contribution in [1.29, 1.82) is 0 Å². The largest absolute Gasteiger partial charge is 0.455 e. The maximum absolute atomic E-state index is 12.4. The number of furan rings is 1. The normalized spacial score (nSPS) is 13.3. The van der Waals surface area contributed by atoms with E-state index in [1.165, 1.54) is 0 Å². The average molecular weight is 418 g/mol. The highest BCUT2D eigenvalue weighted by atomic mass is 35.5. The van der Waals surface area contributed by atoms with Crippen LogP contribution in [0.4, 0.5) is 0 Å². The lowest BCUT2D eigenvalue weighted by atomic mass is 10.2. The van der Waals surface area contributed by atoms with E-state index in [9.17, 15) is 9.00 Å². The highest BCUT2D eigenvalue weighted by Crippen LogP contribution is 2.32. The molecular weight excluding hydrogens is 402 g/mol. The van der Waals surface area contributed by atoms with Gasteiger partial charge in [-0.2, -0.15) is 0 Å². The number of benzene rings is 2. The minimum Gasteiger partial charge on any atom is -0.455 e. The molecule has 0 saturated carbocycles. The van der Waals surface area contributed by atoms with Gasteiger partial charge in [-0.25, -0.2) is 0 Å². The molecule has 2 aromatic carbocycles. The SMILES string of the molecule is O=C(NCc1ccc2c(c1)OCO2)c1ccc(C[S@@](=O)c2cccc(Cl)c2)o1. The van der Waals surface area contributed by atoms with Crippen molar-refractivity contribution in [3.63, 3.8) is 0 Å². The maximum atomic E-state index is 12.4. The molecule has 6 nitrogen and oxygen atoms in total. The summed E-state index contributed by atoms with van der Waals surface area (Å²) in [5, 5.41) is 3.31. The summed E-state index contributed by atoms with van der Waals surface area (Å²) in [6, 6.07) is 15.6. The predicted molar refractivity (Wildman–Crippen MR) is 104 cm³/mol. The summed E-state index contributed by atoms with van der Waals surface area (Å²) < 4.78 is 28.6. The number of carbonyl (C=O) groups is 1. The van der Waals surface area contributed by atoms with Crippen LogP contribution in [-0.2, 0) is 23.1 Å². The molecule has 3 aromatic rings. The fourth-order valence-corrected chi connectivity index (χ4v) is 4.04. The number of carbonyl (C=O) groups excluding carboxylic acids is 1. The predicted octanol–water partition coefficient (Wildman–Crippen LogP) is 3.90. The van der Waals surface area contributed by atoms with Gasteiger partial charge < -0.3 is 19.2 Å². The van der Waals surface area contributed by atoms with Gasteiger partial charge in [0.2, 0.25) is 6.79 Å². The number of nitrogens with one attached hydrogen (secondary N) is 1. The van der Waals surface area contributed by atoms with Crippen LogP contribution in [-0.4, -0.2) is 16.9 Å². The number of ether oxygens (including phenoxy) is 2. The van der Waals surface area contributed by atoms with Gasteiger partial charge in [0, 0.05) is 16.5 Å². The van der Waals surface area contributed by atoms with Gasteiger partial charge in [-0.3, -0.25) is 9.00 Å². The molecule has 4 rings (SSSR count). The lowest BCUT2D eigenvalue weighted by Gasteiger charge is -2.05. The maximum Gasteiger partial charge on any atom is 0.287 e. The van der Waals surface area contributed by atoms with Crippen LogP contribution in [0.2, 0.25) is 5.02 Å². The summed E-state index contributed by atoms with van der Waals surface area (Å²) in [6.07, 6.45) is 0. The minimum atomic E-state index is -1.31. The Morgan fingerprint density at radius 1 is 1.07 bits per heavy atom. The van der Waals surface area contributed by atoms with E-state index in [2.05, 4.69) is 5.32 Å². The van der Waals surface area contributed by atoms with Gasteiger partial charge in [-0.05, 0) is 48.0 Å². The molecule has 0 radical (unpaired) electrons. The molecule has 1 atom stereocenters. The fourth-order valence-electron chi connectivity index (χ4n) is 2.72. The fraction of sp³-hybridized carbons (Fsp3) is 0.150. The molecule has 0 unspecified atom stereocenters. The minimum absolute atomic E-state index is 0.162. The highest BCUT2D eigenvalue weighted by Gasteiger charge is 2.16. The van der Waals surface area contributed by atoms with Crippen molar-refractivity contribution in [2.75, 3.05) is 6.79 Å². The van der Waals surface area contributed by atoms with Crippen LogP contribution in [0.5, 0.6) is 11.5 Å². The number of fused-ring (bicyclic) bond motifs is 1. The van der Waals surface area contributed by atoms with Crippen LogP contribution in [0.1, 0.15) is 21.9 Å². The molecule has 0 spiro atoms. The Hall–Kier alpha value is -2.77. The summed E-state index contributed by atoms with van der Waals surface area (Å²) in [4.78, 5) is 12.9. The van der Waals surface area contributed by atoms with Crippen molar-refractivity contribution >= 4 is 28.3 Å². The van der Waals surface area contributed by atoms with Crippen molar-refractivity contribution in [3.8, 4) is 11.5 Å². The van der Waals surface area contributed by atoms with E-state index in [-0.39, 0.29) is 24.2 Å². The number of hydrogen-bond acceptors (Lipinski definition) is 5. The number of rotatable bonds is 6. The summed E-state index contributed by atoms with van der Waals surface area (Å²) in [5.74, 6) is 1.80. The standard InChI is InChI=1S/C20H16ClNO5S/c21-14-2-1-3-16(9-14)28(24)11-15-5-7-18(27-15)20(23)22-10-13-4-6-17-19(8-13)26-12-25-17/h1-9H,10-12H2,(H,22,23)/t28-/m1/s1.